The third kappa shape index (κ3) is 3.13. The number of morpholine rings is 1. The molecule has 0 saturated carbocycles. The summed E-state index contributed by atoms with van der Waals surface area (Å²) < 4.78 is 5.58. The number of nitrogens with zero attached hydrogens (tertiary/aromatic N) is 1. The maximum absolute atomic E-state index is 12.6. The maximum Gasteiger partial charge on any atom is 0.240 e. The average Bonchev–Trinajstić information content (AvgIpc) is 2.54. The lowest BCUT2D eigenvalue weighted by Gasteiger charge is -2.36. The van der Waals surface area contributed by atoms with Crippen LogP contribution in [0, 0.1) is 0 Å². The van der Waals surface area contributed by atoms with Gasteiger partial charge in [0, 0.05) is 26.1 Å². The van der Waals surface area contributed by atoms with Crippen LogP contribution in [0.4, 0.5) is 0 Å². The molecule has 0 bridgehead atoms. The van der Waals surface area contributed by atoms with Crippen LogP contribution in [-0.2, 0) is 27.3 Å². The van der Waals surface area contributed by atoms with E-state index in [2.05, 4.69) is 5.32 Å². The van der Waals surface area contributed by atoms with Crippen LogP contribution in [0.2, 0.25) is 0 Å². The van der Waals surface area contributed by atoms with Crippen LogP contribution in [0.5, 0.6) is 0 Å². The Morgan fingerprint density at radius 3 is 2.77 bits per heavy atom. The topological polar surface area (TPSA) is 84.7 Å². The molecular weight excluding hydrogens is 282 g/mol. The Kier molecular flexibility index (Phi) is 4.40. The van der Waals surface area contributed by atoms with Crippen LogP contribution < -0.4 is 11.1 Å². The van der Waals surface area contributed by atoms with E-state index < -0.39 is 11.9 Å². The van der Waals surface area contributed by atoms with Crippen LogP contribution >= 0.6 is 0 Å². The van der Waals surface area contributed by atoms with Gasteiger partial charge in [0.1, 0.15) is 6.04 Å². The lowest BCUT2D eigenvalue weighted by atomic mass is 9.93. The molecule has 2 aliphatic heterocycles. The summed E-state index contributed by atoms with van der Waals surface area (Å²) in [6.07, 6.45) is 0.631. The minimum absolute atomic E-state index is 0.0768. The largest absolute Gasteiger partial charge is 0.375 e. The van der Waals surface area contributed by atoms with Crippen LogP contribution in [0.3, 0.4) is 0 Å². The Labute approximate surface area is 129 Å². The number of primary amides is 1. The molecule has 0 radical (unpaired) electrons. The molecule has 1 saturated heterocycles. The first kappa shape index (κ1) is 15.0. The molecule has 2 atom stereocenters. The highest BCUT2D eigenvalue weighted by Gasteiger charge is 2.34. The standard InChI is InChI=1S/C16H21N3O3/c17-16(21)14-7-11-3-1-2-4-12(11)10-19(14)15(20)8-13-9-18-5-6-22-13/h1-4,13-14,18H,5-10H2,(H2,17,21)/t13-,14-/m0/s1. The number of carbonyl (C=O) groups is 2. The highest BCUT2D eigenvalue weighted by atomic mass is 16.5. The van der Waals surface area contributed by atoms with E-state index in [0.29, 0.717) is 26.1 Å². The number of nitrogens with one attached hydrogen (secondary N) is 1. The minimum Gasteiger partial charge on any atom is -0.375 e. The van der Waals surface area contributed by atoms with Crippen molar-refractivity contribution in [3.8, 4) is 0 Å². The third-order valence-electron chi connectivity index (χ3n) is 4.30. The van der Waals surface area contributed by atoms with E-state index in [1.807, 2.05) is 24.3 Å². The number of rotatable bonds is 3. The molecule has 0 unspecified atom stereocenters. The zero-order chi connectivity index (χ0) is 15.5. The fraction of sp³-hybridized carbons (Fsp3) is 0.500. The zero-order valence-corrected chi connectivity index (χ0v) is 12.5. The van der Waals surface area contributed by atoms with Crippen molar-refractivity contribution in [2.24, 2.45) is 5.73 Å². The van der Waals surface area contributed by atoms with Gasteiger partial charge in [-0.15, -0.1) is 0 Å². The summed E-state index contributed by atoms with van der Waals surface area (Å²) in [6.45, 7) is 2.52. The van der Waals surface area contributed by atoms with Gasteiger partial charge in [0.15, 0.2) is 0 Å². The van der Waals surface area contributed by atoms with Crippen molar-refractivity contribution in [2.45, 2.75) is 31.5 Å². The van der Waals surface area contributed by atoms with Gasteiger partial charge in [0.2, 0.25) is 11.8 Å². The highest BCUT2D eigenvalue weighted by Crippen LogP contribution is 2.24. The third-order valence-corrected chi connectivity index (χ3v) is 4.30. The van der Waals surface area contributed by atoms with Crippen molar-refractivity contribution in [2.75, 3.05) is 19.7 Å². The monoisotopic (exact) mass is 303 g/mol. The Morgan fingerprint density at radius 2 is 2.09 bits per heavy atom. The van der Waals surface area contributed by atoms with Crippen LogP contribution in [0.1, 0.15) is 17.5 Å². The lowest BCUT2D eigenvalue weighted by Crippen LogP contribution is -2.52. The summed E-state index contributed by atoms with van der Waals surface area (Å²) in [5, 5.41) is 3.21. The van der Waals surface area contributed by atoms with Crippen molar-refractivity contribution >= 4 is 11.8 Å². The Hall–Kier alpha value is -1.92. The van der Waals surface area contributed by atoms with Gasteiger partial charge >= 0.3 is 0 Å². The smallest absolute Gasteiger partial charge is 0.240 e. The zero-order valence-electron chi connectivity index (χ0n) is 12.5. The Bertz CT molecular complexity index is 570. The fourth-order valence-corrected chi connectivity index (χ4v) is 3.10. The molecule has 6 nitrogen and oxygen atoms in total. The lowest BCUT2D eigenvalue weighted by molar-refractivity contribution is -0.143. The summed E-state index contributed by atoms with van der Waals surface area (Å²) in [4.78, 5) is 26.0. The molecule has 1 aromatic carbocycles. The van der Waals surface area contributed by atoms with Crippen molar-refractivity contribution in [1.82, 2.24) is 10.2 Å². The number of ether oxygens (including phenoxy) is 1. The van der Waals surface area contributed by atoms with Gasteiger partial charge in [-0.3, -0.25) is 9.59 Å². The number of amides is 2. The molecule has 0 spiro atoms. The highest BCUT2D eigenvalue weighted by molar-refractivity contribution is 5.87. The molecule has 3 N–H and O–H groups in total. The number of benzene rings is 1. The summed E-state index contributed by atoms with van der Waals surface area (Å²) in [6, 6.07) is 7.29. The van der Waals surface area contributed by atoms with E-state index in [1.165, 1.54) is 0 Å². The number of carbonyl (C=O) groups excluding carboxylic acids is 2. The molecule has 118 valence electrons. The van der Waals surface area contributed by atoms with Gasteiger partial charge in [0.25, 0.3) is 0 Å². The Balaban J connectivity index is 1.75. The molecule has 3 rings (SSSR count). The second kappa shape index (κ2) is 6.46. The van der Waals surface area contributed by atoms with Gasteiger partial charge < -0.3 is 20.7 Å². The normalized spacial score (nSPS) is 24.6. The van der Waals surface area contributed by atoms with E-state index in [-0.39, 0.29) is 18.4 Å². The van der Waals surface area contributed by atoms with Crippen molar-refractivity contribution in [3.63, 3.8) is 0 Å². The molecule has 6 heteroatoms. The fourth-order valence-electron chi connectivity index (χ4n) is 3.10. The van der Waals surface area contributed by atoms with E-state index in [1.54, 1.807) is 4.90 Å². The van der Waals surface area contributed by atoms with E-state index in [9.17, 15) is 9.59 Å². The number of hydrogen-bond acceptors (Lipinski definition) is 4. The van der Waals surface area contributed by atoms with Gasteiger partial charge in [-0.25, -0.2) is 0 Å². The average molecular weight is 303 g/mol. The van der Waals surface area contributed by atoms with Crippen molar-refractivity contribution < 1.29 is 14.3 Å². The summed E-state index contributed by atoms with van der Waals surface area (Å²) in [7, 11) is 0. The molecule has 0 aliphatic carbocycles. The first-order chi connectivity index (χ1) is 10.6. The Morgan fingerprint density at radius 1 is 1.32 bits per heavy atom. The first-order valence-electron chi connectivity index (χ1n) is 7.63. The SMILES string of the molecule is NC(=O)[C@@H]1Cc2ccccc2CN1C(=O)C[C@H]1CNCCO1. The molecule has 2 amide bonds. The van der Waals surface area contributed by atoms with E-state index >= 15 is 0 Å². The molecule has 0 aromatic heterocycles. The van der Waals surface area contributed by atoms with E-state index in [4.69, 9.17) is 10.5 Å². The molecule has 22 heavy (non-hydrogen) atoms. The van der Waals surface area contributed by atoms with Crippen molar-refractivity contribution in [3.05, 3.63) is 35.4 Å². The molecule has 1 aromatic rings. The first-order valence-corrected chi connectivity index (χ1v) is 7.63. The van der Waals surface area contributed by atoms with Gasteiger partial charge in [-0.05, 0) is 11.1 Å². The van der Waals surface area contributed by atoms with Crippen LogP contribution in [-0.4, -0.2) is 48.6 Å². The van der Waals surface area contributed by atoms with E-state index in [0.717, 1.165) is 17.7 Å². The molecule has 2 heterocycles. The number of hydrogen-bond donors (Lipinski definition) is 2. The summed E-state index contributed by atoms with van der Waals surface area (Å²) >= 11 is 0. The quantitative estimate of drug-likeness (QED) is 0.810. The van der Waals surface area contributed by atoms with Crippen LogP contribution in [0.15, 0.2) is 24.3 Å². The summed E-state index contributed by atoms with van der Waals surface area (Å²) in [5.41, 5.74) is 7.68. The second-order valence-corrected chi connectivity index (χ2v) is 5.81. The number of nitrogens with two attached hydrogens (primary N) is 1. The molecule has 1 fully saturated rings. The molecule has 2 aliphatic rings. The van der Waals surface area contributed by atoms with Crippen molar-refractivity contribution in [1.29, 1.82) is 0 Å². The number of fused-ring (bicyclic) bond motifs is 1. The minimum atomic E-state index is -0.570. The predicted octanol–water partition coefficient (Wildman–Crippen LogP) is -0.196. The summed E-state index contributed by atoms with van der Waals surface area (Å²) in [5.74, 6) is -0.530. The second-order valence-electron chi connectivity index (χ2n) is 5.81. The van der Waals surface area contributed by atoms with Gasteiger partial charge in [-0.2, -0.15) is 0 Å². The van der Waals surface area contributed by atoms with Gasteiger partial charge in [-0.1, -0.05) is 24.3 Å². The molecular formula is C16H21N3O3. The maximum atomic E-state index is 12.6. The van der Waals surface area contributed by atoms with Crippen LogP contribution in [0.25, 0.3) is 0 Å². The van der Waals surface area contributed by atoms with Gasteiger partial charge in [0.05, 0.1) is 19.1 Å². The predicted molar refractivity (Wildman–Crippen MR) is 80.9 cm³/mol.